The highest BCUT2D eigenvalue weighted by molar-refractivity contribution is 5.97. The number of rotatable bonds is 5. The molecule has 2 aromatic carbocycles. The number of aliphatic hydroxyl groups excluding tert-OH is 1. The highest BCUT2D eigenvalue weighted by atomic mass is 16.5. The molecule has 3 aliphatic rings. The molecule has 5 heteroatoms. The lowest BCUT2D eigenvalue weighted by Crippen LogP contribution is -2.69. The lowest BCUT2D eigenvalue weighted by molar-refractivity contribution is -0.123. The Morgan fingerprint density at radius 2 is 1.83 bits per heavy atom. The summed E-state index contributed by atoms with van der Waals surface area (Å²) in [6.07, 6.45) is 4.33. The molecule has 2 fully saturated rings. The summed E-state index contributed by atoms with van der Waals surface area (Å²) in [6, 6.07) is 16.6. The minimum absolute atomic E-state index is 0.0600. The number of nitrogens with zero attached hydrogens (tertiary/aromatic N) is 2. The van der Waals surface area contributed by atoms with E-state index in [-0.39, 0.29) is 36.4 Å². The van der Waals surface area contributed by atoms with Gasteiger partial charge in [-0.15, -0.1) is 0 Å². The lowest BCUT2D eigenvalue weighted by atomic mass is 9.71. The summed E-state index contributed by atoms with van der Waals surface area (Å²) >= 11 is 0. The number of benzene rings is 2. The molecule has 0 radical (unpaired) electrons. The van der Waals surface area contributed by atoms with Crippen LogP contribution in [0, 0.1) is 5.92 Å². The topological polar surface area (TPSA) is 53.0 Å². The van der Waals surface area contributed by atoms with Gasteiger partial charge in [-0.1, -0.05) is 49.2 Å². The molecule has 1 saturated heterocycles. The van der Waals surface area contributed by atoms with Gasteiger partial charge >= 0.3 is 0 Å². The summed E-state index contributed by atoms with van der Waals surface area (Å²) in [5.74, 6) is 1.57. The first-order valence-electron chi connectivity index (χ1n) is 11.1. The molecule has 0 aromatic heterocycles. The Hall–Kier alpha value is -2.37. The number of hydrogen-bond donors (Lipinski definition) is 1. The third kappa shape index (κ3) is 3.12. The van der Waals surface area contributed by atoms with Gasteiger partial charge in [0.1, 0.15) is 5.75 Å². The Kier molecular flexibility index (Phi) is 5.25. The second-order valence-corrected chi connectivity index (χ2v) is 8.82. The fraction of sp³-hybridized carbons (Fsp3) is 0.480. The van der Waals surface area contributed by atoms with Crippen LogP contribution in [0.1, 0.15) is 42.7 Å². The number of anilines is 1. The van der Waals surface area contributed by atoms with Gasteiger partial charge in [-0.3, -0.25) is 9.69 Å². The highest BCUT2D eigenvalue weighted by Crippen LogP contribution is 2.49. The lowest BCUT2D eigenvalue weighted by Gasteiger charge is -2.59. The van der Waals surface area contributed by atoms with Gasteiger partial charge in [-0.05, 0) is 30.5 Å². The fourth-order valence-electron chi connectivity index (χ4n) is 5.83. The van der Waals surface area contributed by atoms with E-state index in [1.165, 1.54) is 5.56 Å². The maximum atomic E-state index is 13.4. The van der Waals surface area contributed by atoms with Gasteiger partial charge in [-0.25, -0.2) is 0 Å². The van der Waals surface area contributed by atoms with Crippen molar-refractivity contribution >= 4 is 11.6 Å². The number of methoxy groups -OCH3 is 1. The average Bonchev–Trinajstić information content (AvgIpc) is 3.32. The maximum absolute atomic E-state index is 13.4. The molecule has 2 aromatic rings. The van der Waals surface area contributed by atoms with Crippen LogP contribution < -0.4 is 9.64 Å². The van der Waals surface area contributed by atoms with Crippen LogP contribution in [0.2, 0.25) is 0 Å². The molecule has 5 rings (SSSR count). The van der Waals surface area contributed by atoms with Crippen molar-refractivity contribution < 1.29 is 14.6 Å². The summed E-state index contributed by atoms with van der Waals surface area (Å²) < 4.78 is 5.55. The van der Waals surface area contributed by atoms with Gasteiger partial charge in [0.25, 0.3) is 0 Å². The second kappa shape index (κ2) is 8.05. The number of para-hydroxylation sites is 2. The quantitative estimate of drug-likeness (QED) is 0.825. The van der Waals surface area contributed by atoms with Crippen molar-refractivity contribution in [2.75, 3.05) is 25.2 Å². The smallest absolute Gasteiger partial charge is 0.230 e. The molecule has 1 N–H and O–H groups in total. The fourth-order valence-corrected chi connectivity index (χ4v) is 5.83. The van der Waals surface area contributed by atoms with E-state index in [2.05, 4.69) is 29.2 Å². The van der Waals surface area contributed by atoms with Gasteiger partial charge in [0.15, 0.2) is 0 Å². The summed E-state index contributed by atoms with van der Waals surface area (Å²) in [5, 5.41) is 10.2. The molecule has 1 amide bonds. The van der Waals surface area contributed by atoms with Crippen molar-refractivity contribution in [3.05, 3.63) is 59.7 Å². The van der Waals surface area contributed by atoms with Crippen LogP contribution in [0.3, 0.4) is 0 Å². The van der Waals surface area contributed by atoms with Crippen molar-refractivity contribution in [1.29, 1.82) is 0 Å². The minimum atomic E-state index is 0.0600. The van der Waals surface area contributed by atoms with Crippen molar-refractivity contribution in [1.82, 2.24) is 4.90 Å². The minimum Gasteiger partial charge on any atom is -0.496 e. The number of amides is 1. The Balaban J connectivity index is 1.46. The van der Waals surface area contributed by atoms with E-state index in [9.17, 15) is 9.90 Å². The maximum Gasteiger partial charge on any atom is 0.230 e. The van der Waals surface area contributed by atoms with Crippen molar-refractivity contribution in [2.45, 2.75) is 50.2 Å². The number of carbonyl (C=O) groups excluding carboxylic acids is 1. The summed E-state index contributed by atoms with van der Waals surface area (Å²) in [4.78, 5) is 17.8. The number of likely N-dealkylation sites (tertiary alicyclic amines) is 1. The first-order chi connectivity index (χ1) is 14.7. The second-order valence-electron chi connectivity index (χ2n) is 8.82. The molecule has 0 bridgehead atoms. The van der Waals surface area contributed by atoms with E-state index in [0.717, 1.165) is 42.7 Å². The van der Waals surface area contributed by atoms with Gasteiger partial charge in [-0.2, -0.15) is 0 Å². The van der Waals surface area contributed by atoms with Crippen LogP contribution in [0.25, 0.3) is 0 Å². The molecule has 30 heavy (non-hydrogen) atoms. The highest BCUT2D eigenvalue weighted by Gasteiger charge is 2.53. The van der Waals surface area contributed by atoms with Gasteiger partial charge in [0.2, 0.25) is 5.91 Å². The van der Waals surface area contributed by atoms with E-state index in [1.54, 1.807) is 7.11 Å². The van der Waals surface area contributed by atoms with Gasteiger partial charge in [0.05, 0.1) is 13.7 Å². The van der Waals surface area contributed by atoms with E-state index >= 15 is 0 Å². The third-order valence-electron chi connectivity index (χ3n) is 7.34. The van der Waals surface area contributed by atoms with Crippen molar-refractivity contribution in [3.8, 4) is 5.75 Å². The molecule has 3 atom stereocenters. The normalized spacial score (nSPS) is 26.1. The standard InChI is InChI=1S/C25H30N2O3/c1-30-23-13-7-4-10-18(23)14-26-21-15-27(25(29)17-8-2-3-9-17)20-12-6-5-11-19(20)24(21)22(26)16-28/h4-7,10-13,17,21-22,24,28H,2-3,8-9,14-16H2,1H3/t21-,22-,24+/m1/s1. The van der Waals surface area contributed by atoms with E-state index in [0.29, 0.717) is 13.1 Å². The van der Waals surface area contributed by atoms with E-state index in [1.807, 2.05) is 29.2 Å². The SMILES string of the molecule is COc1ccccc1CN1[C@H](CO)[C@H]2c3ccccc3N(C(=O)C3CCCC3)C[C@H]21. The van der Waals surface area contributed by atoms with E-state index < -0.39 is 0 Å². The molecule has 158 valence electrons. The van der Waals surface area contributed by atoms with Crippen LogP contribution in [0.15, 0.2) is 48.5 Å². The molecular weight excluding hydrogens is 376 g/mol. The van der Waals surface area contributed by atoms with Crippen LogP contribution in [-0.4, -0.2) is 48.3 Å². The first kappa shape index (κ1) is 19.6. The molecule has 0 spiro atoms. The average molecular weight is 407 g/mol. The van der Waals surface area contributed by atoms with E-state index in [4.69, 9.17) is 4.74 Å². The number of ether oxygens (including phenoxy) is 1. The Bertz CT molecular complexity index is 924. The number of aliphatic hydroxyl groups is 1. The molecule has 2 aliphatic heterocycles. The summed E-state index contributed by atoms with van der Waals surface area (Å²) in [7, 11) is 1.69. The Labute approximate surface area is 178 Å². The zero-order valence-electron chi connectivity index (χ0n) is 17.5. The molecule has 1 aliphatic carbocycles. The zero-order chi connectivity index (χ0) is 20.7. The van der Waals surface area contributed by atoms with Crippen LogP contribution >= 0.6 is 0 Å². The van der Waals surface area contributed by atoms with Crippen LogP contribution in [0.5, 0.6) is 5.75 Å². The zero-order valence-corrected chi connectivity index (χ0v) is 17.5. The van der Waals surface area contributed by atoms with Crippen LogP contribution in [-0.2, 0) is 11.3 Å². The molecule has 5 nitrogen and oxygen atoms in total. The molecule has 2 heterocycles. The predicted octanol–water partition coefficient (Wildman–Crippen LogP) is 3.56. The largest absolute Gasteiger partial charge is 0.496 e. The number of fused-ring (bicyclic) bond motifs is 3. The molecule has 0 unspecified atom stereocenters. The number of carbonyl (C=O) groups is 1. The van der Waals surface area contributed by atoms with Gasteiger partial charge in [0, 0.05) is 48.3 Å². The molecular formula is C25H30N2O3. The molecule has 1 saturated carbocycles. The van der Waals surface area contributed by atoms with Gasteiger partial charge < -0.3 is 14.7 Å². The third-order valence-corrected chi connectivity index (χ3v) is 7.34. The van der Waals surface area contributed by atoms with Crippen LogP contribution in [0.4, 0.5) is 5.69 Å². The van der Waals surface area contributed by atoms with Crippen molar-refractivity contribution in [3.63, 3.8) is 0 Å². The Morgan fingerprint density at radius 1 is 1.10 bits per heavy atom. The summed E-state index contributed by atoms with van der Waals surface area (Å²) in [5.41, 5.74) is 3.37. The summed E-state index contributed by atoms with van der Waals surface area (Å²) in [6.45, 7) is 1.52. The Morgan fingerprint density at radius 3 is 2.60 bits per heavy atom. The predicted molar refractivity (Wildman–Crippen MR) is 117 cm³/mol. The van der Waals surface area contributed by atoms with Crippen molar-refractivity contribution in [2.24, 2.45) is 5.92 Å². The number of hydrogen-bond acceptors (Lipinski definition) is 4. The first-order valence-corrected chi connectivity index (χ1v) is 11.1. The monoisotopic (exact) mass is 406 g/mol.